The van der Waals surface area contributed by atoms with Gasteiger partial charge < -0.3 is 24.7 Å². The molecule has 0 atom stereocenters. The Bertz CT molecular complexity index is 1680. The van der Waals surface area contributed by atoms with Gasteiger partial charge in [0, 0.05) is 24.5 Å². The van der Waals surface area contributed by atoms with E-state index in [0.717, 1.165) is 11.3 Å². The number of para-hydroxylation sites is 1. The van der Waals surface area contributed by atoms with Crippen LogP contribution in [-0.4, -0.2) is 73.7 Å². The molecule has 15 nitrogen and oxygen atoms in total. The number of halogens is 2. The fourth-order valence-corrected chi connectivity index (χ4v) is 3.47. The minimum Gasteiger partial charge on any atom is -0.444 e. The predicted molar refractivity (Wildman–Crippen MR) is 221 cm³/mol. The number of nitrogens with zero attached hydrogens (tertiary/aromatic N) is 4. The van der Waals surface area contributed by atoms with Crippen LogP contribution in [0.25, 0.3) is 0 Å². The number of aromatic nitrogens is 2. The molecule has 56 heavy (non-hydrogen) atoms. The number of benzene rings is 2. The second-order valence-corrected chi connectivity index (χ2v) is 16.1. The Labute approximate surface area is 340 Å². The highest BCUT2D eigenvalue weighted by molar-refractivity contribution is 6.40. The van der Waals surface area contributed by atoms with Crippen LogP contribution in [-0.2, 0) is 25.4 Å². The Balaban J connectivity index is 0.000000868. The third-order valence-electron chi connectivity index (χ3n) is 5.20. The van der Waals surface area contributed by atoms with Gasteiger partial charge in [0.25, 0.3) is 0 Å². The molecule has 4 amide bonds. The largest absolute Gasteiger partial charge is 0.444 e. The summed E-state index contributed by atoms with van der Waals surface area (Å²) in [5.41, 5.74) is 4.40. The van der Waals surface area contributed by atoms with E-state index in [1.54, 1.807) is 89.2 Å². The first-order valence-electron chi connectivity index (χ1n) is 17.3. The van der Waals surface area contributed by atoms with Gasteiger partial charge >= 0.3 is 24.4 Å². The maximum Gasteiger partial charge on any atom is 0.437 e. The Morgan fingerprint density at radius 2 is 1.05 bits per heavy atom. The highest BCUT2D eigenvalue weighted by Gasteiger charge is 2.22. The summed E-state index contributed by atoms with van der Waals surface area (Å²) in [6.45, 7) is 20.9. The van der Waals surface area contributed by atoms with Crippen LogP contribution < -0.4 is 16.4 Å². The molecule has 0 saturated heterocycles. The summed E-state index contributed by atoms with van der Waals surface area (Å²) in [4.78, 5) is 55.1. The molecule has 17 heteroatoms. The Kier molecular flexibility index (Phi) is 22.1. The van der Waals surface area contributed by atoms with Crippen LogP contribution in [0.3, 0.4) is 0 Å². The minimum atomic E-state index is -0.839. The summed E-state index contributed by atoms with van der Waals surface area (Å²) >= 11 is 9.53. The number of alkyl halides is 2. The summed E-state index contributed by atoms with van der Waals surface area (Å²) in [5.74, 6) is 0.0678. The van der Waals surface area contributed by atoms with Crippen molar-refractivity contribution in [3.63, 3.8) is 0 Å². The fourth-order valence-electron chi connectivity index (χ4n) is 3.47. The first kappa shape index (κ1) is 50.9. The Morgan fingerprint density at radius 1 is 0.643 bits per heavy atom. The van der Waals surface area contributed by atoms with Crippen molar-refractivity contribution >= 4 is 65.1 Å². The number of ether oxygens (including phenoxy) is 4. The lowest BCUT2D eigenvalue weighted by Gasteiger charge is -2.20. The lowest BCUT2D eigenvalue weighted by atomic mass is 10.1. The van der Waals surface area contributed by atoms with Gasteiger partial charge in [0.05, 0.1) is 5.34 Å². The van der Waals surface area contributed by atoms with Crippen LogP contribution in [0.5, 0.6) is 0 Å². The number of anilines is 1. The Hall–Kier alpha value is -5.15. The molecule has 4 N–H and O–H groups in total. The molecule has 0 aliphatic rings. The van der Waals surface area contributed by atoms with Gasteiger partial charge in [-0.25, -0.2) is 23.9 Å². The molecule has 0 saturated carbocycles. The van der Waals surface area contributed by atoms with E-state index >= 15 is 0 Å². The molecule has 0 spiro atoms. The van der Waals surface area contributed by atoms with Crippen molar-refractivity contribution < 1.29 is 38.1 Å². The maximum atomic E-state index is 12.0. The molecule has 0 unspecified atom stereocenters. The molecule has 0 radical (unpaired) electrons. The number of amides is 4. The lowest BCUT2D eigenvalue weighted by molar-refractivity contribution is 0.0543. The van der Waals surface area contributed by atoms with Gasteiger partial charge in [-0.15, -0.1) is 28.2 Å². The molecular formula is C39H57Cl2N7O8. The SMILES string of the molecule is CC(C)(C)OC(=O)N=C(Cc1ccccc1)NC(=O)OC(C)(C)C.CC(C)(C)OC(=O)N=C(NC(=O)OC(C)(C)C)n1cccn1.ClCCl.Nc1ccccc1. The number of aliphatic imine (C=N–C) groups is 2. The van der Waals surface area contributed by atoms with Crippen LogP contribution in [0, 0.1) is 0 Å². The summed E-state index contributed by atoms with van der Waals surface area (Å²) < 4.78 is 21.8. The van der Waals surface area contributed by atoms with Crippen LogP contribution >= 0.6 is 23.2 Å². The zero-order valence-electron chi connectivity index (χ0n) is 34.3. The highest BCUT2D eigenvalue weighted by atomic mass is 35.5. The number of nitrogens with two attached hydrogens (primary N) is 1. The van der Waals surface area contributed by atoms with Gasteiger partial charge in [-0.05, 0) is 107 Å². The van der Waals surface area contributed by atoms with Crippen LogP contribution in [0.15, 0.2) is 89.1 Å². The number of carbonyl (C=O) groups excluding carboxylic acids is 4. The number of nitrogen functional groups attached to an aromatic ring is 1. The quantitative estimate of drug-likeness (QED) is 0.0736. The first-order chi connectivity index (χ1) is 25.7. The number of hydrogen-bond donors (Lipinski definition) is 3. The van der Waals surface area contributed by atoms with Gasteiger partial charge in [-0.2, -0.15) is 10.1 Å². The van der Waals surface area contributed by atoms with E-state index in [2.05, 4.69) is 25.7 Å². The van der Waals surface area contributed by atoms with Gasteiger partial charge in [0.15, 0.2) is 0 Å². The molecule has 2 aromatic carbocycles. The van der Waals surface area contributed by atoms with E-state index < -0.39 is 46.8 Å². The average molecular weight is 823 g/mol. The maximum absolute atomic E-state index is 12.0. The predicted octanol–water partition coefficient (Wildman–Crippen LogP) is 9.32. The molecule has 1 heterocycles. The standard InChI is InChI=1S/C18H26N2O4.C14H22N4O4.C6H7N.CH2Cl2/c1-17(2,3)23-15(21)19-14(12-13-10-8-7-9-11-13)20-16(22)24-18(4,5)6;1-13(2,3)21-11(19)16-10(18-9-7-8-15-18)17-12(20)22-14(4,5)6;7-6-4-2-1-3-5-6;2-1-3/h7-11H,12H2,1-6H3,(H,19,20,21,22);7-9H,1-6H3,(H,16,17,19,20);1-5H,7H2;1H2. The number of amidine groups is 1. The van der Waals surface area contributed by atoms with E-state index in [9.17, 15) is 19.2 Å². The monoisotopic (exact) mass is 821 g/mol. The number of carbonyl (C=O) groups is 4. The fraction of sp³-hybridized carbons (Fsp3) is 0.462. The number of hydrogen-bond acceptors (Lipinski definition) is 10. The van der Waals surface area contributed by atoms with Crippen LogP contribution in [0.4, 0.5) is 24.9 Å². The number of rotatable bonds is 2. The highest BCUT2D eigenvalue weighted by Crippen LogP contribution is 2.11. The van der Waals surface area contributed by atoms with E-state index in [0.29, 0.717) is 0 Å². The summed E-state index contributed by atoms with van der Waals surface area (Å²) in [6.07, 6.45) is 0.283. The van der Waals surface area contributed by atoms with Crippen molar-refractivity contribution in [2.75, 3.05) is 11.1 Å². The normalized spacial score (nSPS) is 11.8. The molecule has 0 fully saturated rings. The van der Waals surface area contributed by atoms with Crippen molar-refractivity contribution in [1.29, 1.82) is 0 Å². The molecule has 0 bridgehead atoms. The van der Waals surface area contributed by atoms with E-state index in [-0.39, 0.29) is 23.6 Å². The van der Waals surface area contributed by atoms with E-state index in [1.165, 1.54) is 17.1 Å². The van der Waals surface area contributed by atoms with Crippen molar-refractivity contribution in [1.82, 2.24) is 20.4 Å². The molecule has 310 valence electrons. The number of nitrogens with one attached hydrogen (secondary N) is 2. The smallest absolute Gasteiger partial charge is 0.437 e. The van der Waals surface area contributed by atoms with Crippen molar-refractivity contribution in [2.45, 2.75) is 112 Å². The Morgan fingerprint density at radius 3 is 1.43 bits per heavy atom. The van der Waals surface area contributed by atoms with Gasteiger partial charge in [-0.1, -0.05) is 48.5 Å². The van der Waals surface area contributed by atoms with Crippen molar-refractivity contribution in [3.8, 4) is 0 Å². The molecule has 1 aromatic heterocycles. The van der Waals surface area contributed by atoms with E-state index in [1.807, 2.05) is 60.7 Å². The molecular weight excluding hydrogens is 765 g/mol. The van der Waals surface area contributed by atoms with Crippen LogP contribution in [0.2, 0.25) is 0 Å². The second kappa shape index (κ2) is 24.4. The molecule has 0 aliphatic carbocycles. The van der Waals surface area contributed by atoms with Gasteiger partial charge in [0.2, 0.25) is 5.96 Å². The molecule has 3 aromatic rings. The van der Waals surface area contributed by atoms with E-state index in [4.69, 9.17) is 47.9 Å². The zero-order valence-corrected chi connectivity index (χ0v) is 35.8. The third-order valence-corrected chi connectivity index (χ3v) is 5.20. The topological polar surface area (TPSA) is 198 Å². The van der Waals surface area contributed by atoms with Crippen molar-refractivity contribution in [2.24, 2.45) is 9.98 Å². The molecule has 3 rings (SSSR count). The zero-order chi connectivity index (χ0) is 43.2. The van der Waals surface area contributed by atoms with Gasteiger partial charge in [0.1, 0.15) is 28.2 Å². The summed E-state index contributed by atoms with van der Waals surface area (Å²) in [5, 5.41) is 9.03. The van der Waals surface area contributed by atoms with Gasteiger partial charge in [-0.3, -0.25) is 10.6 Å². The van der Waals surface area contributed by atoms with Crippen molar-refractivity contribution in [3.05, 3.63) is 84.7 Å². The lowest BCUT2D eigenvalue weighted by Crippen LogP contribution is -2.40. The number of alkyl carbamates (subject to hydrolysis) is 2. The molecule has 0 aliphatic heterocycles. The van der Waals surface area contributed by atoms with Crippen LogP contribution in [0.1, 0.15) is 88.6 Å². The minimum absolute atomic E-state index is 0.103. The summed E-state index contributed by atoms with van der Waals surface area (Å²) in [7, 11) is 0. The average Bonchev–Trinajstić information content (AvgIpc) is 3.54. The summed E-state index contributed by atoms with van der Waals surface area (Å²) in [6, 6.07) is 20.5. The second-order valence-electron chi connectivity index (χ2n) is 15.3. The third kappa shape index (κ3) is 29.2. The first-order valence-corrected chi connectivity index (χ1v) is 18.4.